The van der Waals surface area contributed by atoms with Gasteiger partial charge in [-0.15, -0.1) is 0 Å². The molecule has 0 aromatic heterocycles. The van der Waals surface area contributed by atoms with Crippen LogP contribution in [-0.4, -0.2) is 17.8 Å². The van der Waals surface area contributed by atoms with Crippen LogP contribution in [0.5, 0.6) is 0 Å². The van der Waals surface area contributed by atoms with Gasteiger partial charge in [0.05, 0.1) is 5.69 Å². The molecule has 0 atom stereocenters. The SMILES string of the molecule is Cc1ccc2c(c1C)-c1c(ccc3ccc4c(c13)[N+](C)=[C-]C4)C2. The summed E-state index contributed by atoms with van der Waals surface area (Å²) < 4.78 is 2.20. The Morgan fingerprint density at radius 2 is 1.57 bits per heavy atom. The molecule has 0 unspecified atom stereocenters. The van der Waals surface area contributed by atoms with Crippen LogP contribution in [0.2, 0.25) is 0 Å². The van der Waals surface area contributed by atoms with Gasteiger partial charge in [0, 0.05) is 6.21 Å². The van der Waals surface area contributed by atoms with E-state index in [2.05, 4.69) is 68.1 Å². The Morgan fingerprint density at radius 3 is 2.39 bits per heavy atom. The predicted molar refractivity (Wildman–Crippen MR) is 96.2 cm³/mol. The summed E-state index contributed by atoms with van der Waals surface area (Å²) in [6.45, 7) is 4.49. The van der Waals surface area contributed by atoms with Crippen molar-refractivity contribution in [2.45, 2.75) is 26.7 Å². The first kappa shape index (κ1) is 13.1. The lowest BCUT2D eigenvalue weighted by molar-refractivity contribution is -0.394. The van der Waals surface area contributed by atoms with Crippen molar-refractivity contribution in [2.24, 2.45) is 0 Å². The highest BCUT2D eigenvalue weighted by Gasteiger charge is 2.25. The lowest BCUT2D eigenvalue weighted by Crippen LogP contribution is -1.96. The Kier molecular flexibility index (Phi) is 2.45. The number of fused-ring (bicyclic) bond motifs is 7. The van der Waals surface area contributed by atoms with Crippen LogP contribution in [0.25, 0.3) is 21.9 Å². The molecule has 0 N–H and O–H groups in total. The van der Waals surface area contributed by atoms with Gasteiger partial charge in [0.1, 0.15) is 7.05 Å². The number of hydrogen-bond donors (Lipinski definition) is 0. The molecule has 0 saturated carbocycles. The lowest BCUT2D eigenvalue weighted by atomic mass is 9.91. The first-order chi connectivity index (χ1) is 11.1. The first-order valence-corrected chi connectivity index (χ1v) is 8.29. The van der Waals surface area contributed by atoms with Crippen LogP contribution in [0.1, 0.15) is 27.8 Å². The molecule has 0 spiro atoms. The van der Waals surface area contributed by atoms with Crippen molar-refractivity contribution in [1.82, 2.24) is 0 Å². The van der Waals surface area contributed by atoms with Crippen molar-refractivity contribution >= 4 is 22.7 Å². The van der Waals surface area contributed by atoms with Gasteiger partial charge in [0.25, 0.3) is 0 Å². The van der Waals surface area contributed by atoms with Crippen LogP contribution in [0.3, 0.4) is 0 Å². The van der Waals surface area contributed by atoms with Crippen LogP contribution in [0.15, 0.2) is 36.4 Å². The average molecular weight is 297 g/mol. The van der Waals surface area contributed by atoms with E-state index >= 15 is 0 Å². The summed E-state index contributed by atoms with van der Waals surface area (Å²) in [6, 6.07) is 13.7. The molecule has 0 radical (unpaired) electrons. The highest BCUT2D eigenvalue weighted by molar-refractivity contribution is 6.08. The third-order valence-electron chi connectivity index (χ3n) is 5.62. The van der Waals surface area contributed by atoms with Crippen LogP contribution in [0.4, 0.5) is 5.69 Å². The topological polar surface area (TPSA) is 3.01 Å². The van der Waals surface area contributed by atoms with Gasteiger partial charge in [-0.1, -0.05) is 42.0 Å². The van der Waals surface area contributed by atoms with E-state index in [4.69, 9.17) is 0 Å². The largest absolute Gasteiger partial charge is 0.366 e. The zero-order valence-corrected chi connectivity index (χ0v) is 13.8. The van der Waals surface area contributed by atoms with E-state index < -0.39 is 0 Å². The normalized spacial score (nSPS) is 14.7. The summed E-state index contributed by atoms with van der Waals surface area (Å²) >= 11 is 0. The molecular weight excluding hydrogens is 278 g/mol. The van der Waals surface area contributed by atoms with Crippen LogP contribution in [0, 0.1) is 13.8 Å². The van der Waals surface area contributed by atoms with Gasteiger partial charge < -0.3 is 4.58 Å². The molecule has 1 aliphatic heterocycles. The van der Waals surface area contributed by atoms with Gasteiger partial charge >= 0.3 is 0 Å². The smallest absolute Gasteiger partial charge is 0.105 e. The molecule has 1 aliphatic carbocycles. The number of nitrogens with zero attached hydrogens (tertiary/aromatic N) is 1. The van der Waals surface area contributed by atoms with Gasteiger partial charge in [0.15, 0.2) is 0 Å². The first-order valence-electron chi connectivity index (χ1n) is 8.29. The Labute approximate surface area is 136 Å². The molecule has 0 fully saturated rings. The van der Waals surface area contributed by atoms with Crippen LogP contribution < -0.4 is 0 Å². The second kappa shape index (κ2) is 4.32. The number of hydrogen-bond acceptors (Lipinski definition) is 0. The van der Waals surface area contributed by atoms with Crippen molar-refractivity contribution in [1.29, 1.82) is 0 Å². The molecule has 1 nitrogen and oxygen atoms in total. The van der Waals surface area contributed by atoms with Crippen molar-refractivity contribution < 1.29 is 4.58 Å². The fraction of sp³-hybridized carbons (Fsp3) is 0.227. The number of rotatable bonds is 0. The molecule has 0 amide bonds. The van der Waals surface area contributed by atoms with E-state index in [1.807, 2.05) is 0 Å². The molecule has 1 heterocycles. The number of aryl methyl sites for hydroxylation is 1. The number of benzene rings is 3. The monoisotopic (exact) mass is 297 g/mol. The van der Waals surface area contributed by atoms with Gasteiger partial charge in [-0.05, 0) is 70.8 Å². The molecule has 0 saturated heterocycles. The minimum Gasteiger partial charge on any atom is -0.366 e. The Hall–Kier alpha value is -2.41. The van der Waals surface area contributed by atoms with E-state index in [1.165, 1.54) is 55.4 Å². The van der Waals surface area contributed by atoms with E-state index in [-0.39, 0.29) is 0 Å². The Balaban J connectivity index is 1.99. The van der Waals surface area contributed by atoms with Crippen molar-refractivity contribution in [3.63, 3.8) is 0 Å². The van der Waals surface area contributed by atoms with Gasteiger partial charge in [0.2, 0.25) is 0 Å². The summed E-state index contributed by atoms with van der Waals surface area (Å²) in [5.41, 5.74) is 11.4. The lowest BCUT2D eigenvalue weighted by Gasteiger charge is -2.17. The third-order valence-corrected chi connectivity index (χ3v) is 5.62. The summed E-state index contributed by atoms with van der Waals surface area (Å²) in [5, 5.41) is 2.76. The van der Waals surface area contributed by atoms with Gasteiger partial charge in [-0.3, -0.25) is 0 Å². The van der Waals surface area contributed by atoms with E-state index in [0.29, 0.717) is 0 Å². The Bertz CT molecular complexity index is 1040. The summed E-state index contributed by atoms with van der Waals surface area (Å²) in [6.07, 6.45) is 5.43. The van der Waals surface area contributed by atoms with Crippen LogP contribution >= 0.6 is 0 Å². The fourth-order valence-electron chi connectivity index (χ4n) is 4.30. The minimum absolute atomic E-state index is 0.922. The maximum Gasteiger partial charge on any atom is 0.105 e. The zero-order valence-electron chi connectivity index (χ0n) is 13.8. The highest BCUT2D eigenvalue weighted by atomic mass is 15.0. The molecular formula is C22H19N. The van der Waals surface area contributed by atoms with Gasteiger partial charge in [-0.2, -0.15) is 0 Å². The molecule has 112 valence electrons. The van der Waals surface area contributed by atoms with Crippen molar-refractivity contribution in [3.05, 3.63) is 64.2 Å². The standard InChI is InChI=1S/C22H19N/c1-13-4-5-17-12-18-9-7-15-6-8-16-10-11-23(3)22(16)21(15)20(18)19(17)14(13)2/h4-9H,10,12H2,1-3H3. The summed E-state index contributed by atoms with van der Waals surface area (Å²) in [5.74, 6) is 0. The molecule has 3 aromatic carbocycles. The van der Waals surface area contributed by atoms with Crippen molar-refractivity contribution in [3.8, 4) is 11.1 Å². The third kappa shape index (κ3) is 1.60. The second-order valence-corrected chi connectivity index (χ2v) is 6.88. The average Bonchev–Trinajstić information content (AvgIpc) is 3.12. The molecule has 2 aliphatic rings. The second-order valence-electron chi connectivity index (χ2n) is 6.88. The quantitative estimate of drug-likeness (QED) is 0.324. The van der Waals surface area contributed by atoms with Crippen LogP contribution in [-0.2, 0) is 12.8 Å². The molecule has 5 rings (SSSR count). The van der Waals surface area contributed by atoms with Gasteiger partial charge in [-0.25, -0.2) is 0 Å². The zero-order chi connectivity index (χ0) is 15.7. The Morgan fingerprint density at radius 1 is 0.870 bits per heavy atom. The molecule has 1 heteroatoms. The summed E-state index contributed by atoms with van der Waals surface area (Å²) in [4.78, 5) is 0. The molecule has 0 bridgehead atoms. The molecule has 3 aromatic rings. The highest BCUT2D eigenvalue weighted by Crippen LogP contribution is 2.47. The van der Waals surface area contributed by atoms with E-state index in [9.17, 15) is 0 Å². The molecule has 23 heavy (non-hydrogen) atoms. The van der Waals surface area contributed by atoms with Crippen molar-refractivity contribution in [2.75, 3.05) is 7.05 Å². The summed E-state index contributed by atoms with van der Waals surface area (Å²) in [7, 11) is 2.13. The van der Waals surface area contributed by atoms with E-state index in [0.717, 1.165) is 12.8 Å². The maximum atomic E-state index is 3.45. The maximum absolute atomic E-state index is 3.45. The predicted octanol–water partition coefficient (Wildman–Crippen LogP) is 4.81. The minimum atomic E-state index is 0.922. The van der Waals surface area contributed by atoms with E-state index in [1.54, 1.807) is 0 Å². The fourth-order valence-corrected chi connectivity index (χ4v) is 4.30.